The van der Waals surface area contributed by atoms with E-state index < -0.39 is 11.7 Å². The Bertz CT molecular complexity index is 407. The fourth-order valence-electron chi connectivity index (χ4n) is 1.94. The Kier molecular flexibility index (Phi) is 2.29. The second kappa shape index (κ2) is 3.36. The summed E-state index contributed by atoms with van der Waals surface area (Å²) in [5, 5.41) is 0. The number of halogens is 3. The van der Waals surface area contributed by atoms with Crippen LogP contribution in [0.1, 0.15) is 34.3 Å². The van der Waals surface area contributed by atoms with Gasteiger partial charge in [0, 0.05) is 12.0 Å². The molecule has 0 aromatic heterocycles. The van der Waals surface area contributed by atoms with Crippen LogP contribution in [0.5, 0.6) is 0 Å². The normalized spacial score (nSPS) is 16.3. The van der Waals surface area contributed by atoms with E-state index in [2.05, 4.69) is 0 Å². The molecule has 0 N–H and O–H groups in total. The van der Waals surface area contributed by atoms with Gasteiger partial charge in [-0.05, 0) is 24.5 Å². The van der Waals surface area contributed by atoms with E-state index in [4.69, 9.17) is 0 Å². The van der Waals surface area contributed by atoms with Crippen LogP contribution in [0.4, 0.5) is 13.2 Å². The van der Waals surface area contributed by atoms with Gasteiger partial charge in [0.05, 0.1) is 5.56 Å². The van der Waals surface area contributed by atoms with Crippen LogP contribution in [0.3, 0.4) is 0 Å². The summed E-state index contributed by atoms with van der Waals surface area (Å²) in [6.45, 7) is 0. The molecule has 2 rings (SSSR count). The first-order valence-corrected chi connectivity index (χ1v) is 4.72. The van der Waals surface area contributed by atoms with Crippen molar-refractivity contribution >= 4 is 5.78 Å². The van der Waals surface area contributed by atoms with Gasteiger partial charge in [0.25, 0.3) is 0 Å². The molecule has 0 aliphatic heterocycles. The van der Waals surface area contributed by atoms with Crippen molar-refractivity contribution in [2.75, 3.05) is 0 Å². The first-order valence-electron chi connectivity index (χ1n) is 4.72. The lowest BCUT2D eigenvalue weighted by atomic mass is 9.87. The van der Waals surface area contributed by atoms with Crippen LogP contribution in [0, 0.1) is 0 Å². The van der Waals surface area contributed by atoms with Crippen molar-refractivity contribution < 1.29 is 18.0 Å². The van der Waals surface area contributed by atoms with E-state index >= 15 is 0 Å². The van der Waals surface area contributed by atoms with Gasteiger partial charge in [-0.3, -0.25) is 4.79 Å². The number of carbonyl (C=O) groups is 1. The Labute approximate surface area is 84.9 Å². The summed E-state index contributed by atoms with van der Waals surface area (Å²) in [6.07, 6.45) is -3.15. The van der Waals surface area contributed by atoms with Crippen molar-refractivity contribution in [3.63, 3.8) is 0 Å². The van der Waals surface area contributed by atoms with Gasteiger partial charge in [0.15, 0.2) is 5.78 Å². The third-order valence-electron chi connectivity index (χ3n) is 2.61. The quantitative estimate of drug-likeness (QED) is 0.648. The van der Waals surface area contributed by atoms with Gasteiger partial charge in [0.1, 0.15) is 0 Å². The van der Waals surface area contributed by atoms with E-state index in [0.29, 0.717) is 19.3 Å². The van der Waals surface area contributed by atoms with Crippen LogP contribution in [-0.4, -0.2) is 5.78 Å². The summed E-state index contributed by atoms with van der Waals surface area (Å²) in [4.78, 5) is 11.4. The molecule has 0 amide bonds. The fourth-order valence-corrected chi connectivity index (χ4v) is 1.94. The number of ketones is 1. The number of Topliss-reactive ketones (excluding diaryl/α,β-unsaturated/α-hetero) is 1. The molecular formula is C11H9F3O. The molecule has 0 saturated carbocycles. The van der Waals surface area contributed by atoms with Crippen molar-refractivity contribution in [2.24, 2.45) is 0 Å². The Morgan fingerprint density at radius 1 is 1.13 bits per heavy atom. The fraction of sp³-hybridized carbons (Fsp3) is 0.364. The van der Waals surface area contributed by atoms with Crippen molar-refractivity contribution in [3.05, 3.63) is 34.9 Å². The highest BCUT2D eigenvalue weighted by molar-refractivity contribution is 5.98. The molecule has 0 bridgehead atoms. The van der Waals surface area contributed by atoms with Gasteiger partial charge in [-0.1, -0.05) is 12.1 Å². The van der Waals surface area contributed by atoms with E-state index in [0.717, 1.165) is 6.07 Å². The van der Waals surface area contributed by atoms with Gasteiger partial charge in [-0.2, -0.15) is 13.2 Å². The lowest BCUT2D eigenvalue weighted by Crippen LogP contribution is -2.17. The number of carbonyl (C=O) groups excluding carboxylic acids is 1. The minimum atomic E-state index is -4.36. The Morgan fingerprint density at radius 2 is 1.87 bits per heavy atom. The Morgan fingerprint density at radius 3 is 2.53 bits per heavy atom. The number of hydrogen-bond acceptors (Lipinski definition) is 1. The van der Waals surface area contributed by atoms with E-state index in [1.165, 1.54) is 12.1 Å². The summed E-state index contributed by atoms with van der Waals surface area (Å²) in [7, 11) is 0. The zero-order valence-corrected chi connectivity index (χ0v) is 7.90. The smallest absolute Gasteiger partial charge is 0.294 e. The number of benzene rings is 1. The highest BCUT2D eigenvalue weighted by atomic mass is 19.4. The van der Waals surface area contributed by atoms with Crippen LogP contribution in [0.25, 0.3) is 0 Å². The average Bonchev–Trinajstić information content (AvgIpc) is 2.16. The summed E-state index contributed by atoms with van der Waals surface area (Å²) in [5.74, 6) is -0.178. The largest absolute Gasteiger partial charge is 0.416 e. The molecule has 4 heteroatoms. The maximum atomic E-state index is 12.6. The van der Waals surface area contributed by atoms with E-state index in [1.807, 2.05) is 0 Å². The first-order chi connectivity index (χ1) is 7.00. The second-order valence-electron chi connectivity index (χ2n) is 3.61. The van der Waals surface area contributed by atoms with Crippen LogP contribution in [0.15, 0.2) is 18.2 Å². The monoisotopic (exact) mass is 214 g/mol. The molecule has 1 aromatic carbocycles. The molecule has 0 heterocycles. The maximum Gasteiger partial charge on any atom is 0.416 e. The molecule has 0 atom stereocenters. The average molecular weight is 214 g/mol. The molecule has 1 aliphatic rings. The third kappa shape index (κ3) is 1.76. The topological polar surface area (TPSA) is 17.1 Å². The van der Waals surface area contributed by atoms with Crippen LogP contribution in [0.2, 0.25) is 0 Å². The van der Waals surface area contributed by atoms with Crippen molar-refractivity contribution in [2.45, 2.75) is 25.4 Å². The Hall–Kier alpha value is -1.32. The number of rotatable bonds is 0. The van der Waals surface area contributed by atoms with Gasteiger partial charge in [-0.15, -0.1) is 0 Å². The summed E-state index contributed by atoms with van der Waals surface area (Å²) >= 11 is 0. The number of alkyl halides is 3. The molecule has 0 spiro atoms. The van der Waals surface area contributed by atoms with Crippen LogP contribution < -0.4 is 0 Å². The molecule has 0 radical (unpaired) electrons. The van der Waals surface area contributed by atoms with Crippen molar-refractivity contribution in [1.29, 1.82) is 0 Å². The zero-order chi connectivity index (χ0) is 11.1. The lowest BCUT2D eigenvalue weighted by molar-refractivity contribution is -0.138. The highest BCUT2D eigenvalue weighted by Gasteiger charge is 2.35. The zero-order valence-electron chi connectivity index (χ0n) is 7.90. The molecule has 0 unspecified atom stereocenters. The van der Waals surface area contributed by atoms with Gasteiger partial charge in [-0.25, -0.2) is 0 Å². The number of hydrogen-bond donors (Lipinski definition) is 0. The van der Waals surface area contributed by atoms with E-state index in [1.54, 1.807) is 0 Å². The second-order valence-corrected chi connectivity index (χ2v) is 3.61. The predicted molar refractivity (Wildman–Crippen MR) is 48.7 cm³/mol. The minimum Gasteiger partial charge on any atom is -0.294 e. The SMILES string of the molecule is O=C1CCCc2c1cccc2C(F)(F)F. The van der Waals surface area contributed by atoms with Crippen molar-refractivity contribution in [1.82, 2.24) is 0 Å². The third-order valence-corrected chi connectivity index (χ3v) is 2.61. The molecule has 1 aromatic rings. The van der Waals surface area contributed by atoms with E-state index in [9.17, 15) is 18.0 Å². The number of fused-ring (bicyclic) bond motifs is 1. The van der Waals surface area contributed by atoms with Crippen LogP contribution in [-0.2, 0) is 12.6 Å². The Balaban J connectivity index is 2.59. The molecule has 1 nitrogen and oxygen atoms in total. The van der Waals surface area contributed by atoms with Crippen LogP contribution >= 0.6 is 0 Å². The maximum absolute atomic E-state index is 12.6. The minimum absolute atomic E-state index is 0.168. The summed E-state index contributed by atoms with van der Waals surface area (Å²) in [6, 6.07) is 3.81. The molecule has 0 fully saturated rings. The van der Waals surface area contributed by atoms with Gasteiger partial charge >= 0.3 is 6.18 Å². The summed E-state index contributed by atoms with van der Waals surface area (Å²) in [5.41, 5.74) is -0.245. The predicted octanol–water partition coefficient (Wildman–Crippen LogP) is 3.22. The molecule has 80 valence electrons. The molecule has 1 aliphatic carbocycles. The van der Waals surface area contributed by atoms with Gasteiger partial charge in [0.2, 0.25) is 0 Å². The summed E-state index contributed by atoms with van der Waals surface area (Å²) < 4.78 is 37.8. The first kappa shape index (κ1) is 10.2. The van der Waals surface area contributed by atoms with Gasteiger partial charge < -0.3 is 0 Å². The van der Waals surface area contributed by atoms with Crippen molar-refractivity contribution in [3.8, 4) is 0 Å². The standard InChI is InChI=1S/C11H9F3O/c12-11(13,14)9-5-1-4-8-7(9)3-2-6-10(8)15/h1,4-5H,2-3,6H2. The molecular weight excluding hydrogens is 205 g/mol. The molecule has 15 heavy (non-hydrogen) atoms. The highest BCUT2D eigenvalue weighted by Crippen LogP contribution is 2.36. The van der Waals surface area contributed by atoms with E-state index in [-0.39, 0.29) is 16.9 Å². The molecule has 0 saturated heterocycles. The lowest BCUT2D eigenvalue weighted by Gasteiger charge is -2.19.